The number of hydrogen-bond acceptors (Lipinski definition) is 3. The van der Waals surface area contributed by atoms with Crippen molar-refractivity contribution in [2.24, 2.45) is 0 Å². The third-order valence-electron chi connectivity index (χ3n) is 2.86. The lowest BCUT2D eigenvalue weighted by atomic mass is 10.1. The van der Waals surface area contributed by atoms with Crippen molar-refractivity contribution in [1.29, 1.82) is 0 Å². The molecule has 0 aliphatic rings. The van der Waals surface area contributed by atoms with Gasteiger partial charge in [0.2, 0.25) is 0 Å². The van der Waals surface area contributed by atoms with Crippen LogP contribution >= 0.6 is 0 Å². The fourth-order valence-electron chi connectivity index (χ4n) is 1.71. The molecule has 0 radical (unpaired) electrons. The van der Waals surface area contributed by atoms with Crippen molar-refractivity contribution in [3.05, 3.63) is 41.1 Å². The number of H-pyrrole nitrogens is 1. The van der Waals surface area contributed by atoms with Gasteiger partial charge < -0.3 is 10.4 Å². The molecule has 1 aromatic carbocycles. The van der Waals surface area contributed by atoms with Crippen LogP contribution in [0.2, 0.25) is 0 Å². The molecule has 0 aliphatic carbocycles. The van der Waals surface area contributed by atoms with Crippen LogP contribution in [0.4, 0.5) is 5.82 Å². The van der Waals surface area contributed by atoms with Gasteiger partial charge in [0.05, 0.1) is 5.56 Å². The van der Waals surface area contributed by atoms with E-state index in [-0.39, 0.29) is 17.2 Å². The lowest BCUT2D eigenvalue weighted by molar-refractivity contribution is 0.102. The largest absolute Gasteiger partial charge is 0.507 e. The van der Waals surface area contributed by atoms with Crippen LogP contribution in [0.25, 0.3) is 0 Å². The van der Waals surface area contributed by atoms with E-state index < -0.39 is 0 Å². The van der Waals surface area contributed by atoms with E-state index in [0.29, 0.717) is 11.7 Å². The second-order valence-electron chi connectivity index (χ2n) is 4.84. The van der Waals surface area contributed by atoms with Gasteiger partial charge in [-0.1, -0.05) is 25.5 Å². The Kier molecular flexibility index (Phi) is 3.55. The van der Waals surface area contributed by atoms with Crippen molar-refractivity contribution in [1.82, 2.24) is 10.2 Å². The molecule has 1 aromatic heterocycles. The second kappa shape index (κ2) is 5.14. The number of aromatic hydroxyl groups is 1. The predicted molar refractivity (Wildman–Crippen MR) is 73.5 cm³/mol. The minimum Gasteiger partial charge on any atom is -0.507 e. The van der Waals surface area contributed by atoms with Crippen molar-refractivity contribution >= 4 is 11.7 Å². The number of phenolic OH excluding ortho intramolecular Hbond substituents is 1. The van der Waals surface area contributed by atoms with Gasteiger partial charge in [0.15, 0.2) is 5.82 Å². The first-order valence-corrected chi connectivity index (χ1v) is 6.13. The molecule has 3 N–H and O–H groups in total. The van der Waals surface area contributed by atoms with Gasteiger partial charge in [0.1, 0.15) is 5.75 Å². The van der Waals surface area contributed by atoms with Gasteiger partial charge in [0, 0.05) is 11.8 Å². The highest BCUT2D eigenvalue weighted by Crippen LogP contribution is 2.20. The Labute approximate surface area is 111 Å². The summed E-state index contributed by atoms with van der Waals surface area (Å²) in [6.07, 6.45) is 0. The summed E-state index contributed by atoms with van der Waals surface area (Å²) in [5.74, 6) is 0.353. The summed E-state index contributed by atoms with van der Waals surface area (Å²) in [4.78, 5) is 12.0. The molecule has 0 aliphatic heterocycles. The van der Waals surface area contributed by atoms with Crippen LogP contribution in [-0.2, 0) is 0 Å². The average molecular weight is 259 g/mol. The summed E-state index contributed by atoms with van der Waals surface area (Å²) >= 11 is 0. The fraction of sp³-hybridized carbons (Fsp3) is 0.286. The zero-order valence-electron chi connectivity index (χ0n) is 11.2. The minimum atomic E-state index is -0.372. The molecule has 5 heteroatoms. The Hall–Kier alpha value is -2.30. The van der Waals surface area contributed by atoms with E-state index in [1.807, 2.05) is 20.8 Å². The van der Waals surface area contributed by atoms with Crippen molar-refractivity contribution < 1.29 is 9.90 Å². The Balaban J connectivity index is 2.18. The highest BCUT2D eigenvalue weighted by atomic mass is 16.3. The summed E-state index contributed by atoms with van der Waals surface area (Å²) in [5, 5.41) is 19.2. The zero-order chi connectivity index (χ0) is 14.0. The van der Waals surface area contributed by atoms with Gasteiger partial charge in [-0.2, -0.15) is 5.10 Å². The van der Waals surface area contributed by atoms with Crippen LogP contribution in [0, 0.1) is 6.92 Å². The van der Waals surface area contributed by atoms with Gasteiger partial charge in [-0.05, 0) is 25.0 Å². The van der Waals surface area contributed by atoms with Crippen molar-refractivity contribution in [2.45, 2.75) is 26.7 Å². The van der Waals surface area contributed by atoms with Crippen LogP contribution in [0.5, 0.6) is 5.75 Å². The highest BCUT2D eigenvalue weighted by molar-refractivity contribution is 6.05. The summed E-state index contributed by atoms with van der Waals surface area (Å²) in [7, 11) is 0. The van der Waals surface area contributed by atoms with Crippen molar-refractivity contribution in [2.75, 3.05) is 5.32 Å². The molecular formula is C14H17N3O2. The van der Waals surface area contributed by atoms with Crippen LogP contribution < -0.4 is 5.32 Å². The molecule has 100 valence electrons. The molecule has 0 saturated carbocycles. The van der Waals surface area contributed by atoms with Gasteiger partial charge in [-0.15, -0.1) is 0 Å². The minimum absolute atomic E-state index is 0.0391. The number of amides is 1. The SMILES string of the molecule is Cc1ccc(O)c(C(=O)Nc2cc(C(C)C)[nH]n2)c1. The number of phenols is 1. The fourth-order valence-corrected chi connectivity index (χ4v) is 1.71. The Morgan fingerprint density at radius 2 is 2.11 bits per heavy atom. The number of carbonyl (C=O) groups excluding carboxylic acids is 1. The maximum Gasteiger partial charge on any atom is 0.260 e. The van der Waals surface area contributed by atoms with E-state index in [9.17, 15) is 9.90 Å². The quantitative estimate of drug-likeness (QED) is 0.793. The molecule has 2 aromatic rings. The Morgan fingerprint density at radius 3 is 2.74 bits per heavy atom. The number of anilines is 1. The molecule has 2 rings (SSSR count). The van der Waals surface area contributed by atoms with Gasteiger partial charge in [-0.25, -0.2) is 0 Å². The number of aryl methyl sites for hydroxylation is 1. The first-order valence-electron chi connectivity index (χ1n) is 6.13. The zero-order valence-corrected chi connectivity index (χ0v) is 11.2. The monoisotopic (exact) mass is 259 g/mol. The molecule has 0 spiro atoms. The smallest absolute Gasteiger partial charge is 0.260 e. The molecule has 5 nitrogen and oxygen atoms in total. The third-order valence-corrected chi connectivity index (χ3v) is 2.86. The van der Waals surface area contributed by atoms with Crippen molar-refractivity contribution in [3.63, 3.8) is 0 Å². The number of benzene rings is 1. The van der Waals surface area contributed by atoms with Crippen LogP contribution in [0.15, 0.2) is 24.3 Å². The molecule has 1 amide bonds. The summed E-state index contributed by atoms with van der Waals surface area (Å²) in [6.45, 7) is 5.93. The molecule has 1 heterocycles. The normalized spacial score (nSPS) is 10.7. The first-order chi connectivity index (χ1) is 8.97. The van der Waals surface area contributed by atoms with Crippen molar-refractivity contribution in [3.8, 4) is 5.75 Å². The van der Waals surface area contributed by atoms with E-state index in [1.54, 1.807) is 18.2 Å². The van der Waals surface area contributed by atoms with Crippen LogP contribution in [0.3, 0.4) is 0 Å². The van der Waals surface area contributed by atoms with E-state index in [1.165, 1.54) is 6.07 Å². The first kappa shape index (κ1) is 13.1. The molecule has 0 fully saturated rings. The molecule has 0 atom stereocenters. The summed E-state index contributed by atoms with van der Waals surface area (Å²) < 4.78 is 0. The number of aromatic amines is 1. The standard InChI is InChI=1S/C14H17N3O2/c1-8(2)11-7-13(17-16-11)15-14(19)10-6-9(3)4-5-12(10)18/h4-8,18H,1-3H3,(H2,15,16,17,19). The molecule has 0 saturated heterocycles. The van der Waals surface area contributed by atoms with Crippen LogP contribution in [0.1, 0.15) is 41.4 Å². The molecular weight excluding hydrogens is 242 g/mol. The number of nitrogens with one attached hydrogen (secondary N) is 2. The Morgan fingerprint density at radius 1 is 1.37 bits per heavy atom. The number of hydrogen-bond donors (Lipinski definition) is 3. The Bertz CT molecular complexity index is 602. The maximum atomic E-state index is 12.0. The lowest BCUT2D eigenvalue weighted by Gasteiger charge is -2.05. The van der Waals surface area contributed by atoms with Gasteiger partial charge in [-0.3, -0.25) is 9.89 Å². The summed E-state index contributed by atoms with van der Waals surface area (Å²) in [5.41, 5.74) is 2.10. The number of aromatic nitrogens is 2. The van der Waals surface area contributed by atoms with E-state index in [4.69, 9.17) is 0 Å². The summed E-state index contributed by atoms with van der Waals surface area (Å²) in [6, 6.07) is 6.68. The lowest BCUT2D eigenvalue weighted by Crippen LogP contribution is -2.12. The predicted octanol–water partition coefficient (Wildman–Crippen LogP) is 2.80. The highest BCUT2D eigenvalue weighted by Gasteiger charge is 2.13. The number of carbonyl (C=O) groups is 1. The number of nitrogens with zero attached hydrogens (tertiary/aromatic N) is 1. The molecule has 0 unspecified atom stereocenters. The van der Waals surface area contributed by atoms with Gasteiger partial charge >= 0.3 is 0 Å². The topological polar surface area (TPSA) is 78.0 Å². The van der Waals surface area contributed by atoms with E-state index in [2.05, 4.69) is 15.5 Å². The maximum absolute atomic E-state index is 12.0. The third kappa shape index (κ3) is 2.93. The molecule has 0 bridgehead atoms. The van der Waals surface area contributed by atoms with E-state index in [0.717, 1.165) is 11.3 Å². The number of rotatable bonds is 3. The van der Waals surface area contributed by atoms with E-state index >= 15 is 0 Å². The second-order valence-corrected chi connectivity index (χ2v) is 4.84. The van der Waals surface area contributed by atoms with Gasteiger partial charge in [0.25, 0.3) is 5.91 Å². The average Bonchev–Trinajstić information content (AvgIpc) is 2.80. The molecule has 19 heavy (non-hydrogen) atoms. The van der Waals surface area contributed by atoms with Crippen LogP contribution in [-0.4, -0.2) is 21.2 Å².